The first-order valence-corrected chi connectivity index (χ1v) is 6.21. The second-order valence-electron chi connectivity index (χ2n) is 4.09. The van der Waals surface area contributed by atoms with Crippen molar-refractivity contribution in [2.45, 2.75) is 13.8 Å². The Morgan fingerprint density at radius 3 is 2.68 bits per heavy atom. The largest absolute Gasteiger partial charge is 0.463 e. The number of rotatable bonds is 4. The summed E-state index contributed by atoms with van der Waals surface area (Å²) in [7, 11) is 0. The van der Waals surface area contributed by atoms with Crippen LogP contribution in [-0.2, 0) is 9.53 Å². The van der Waals surface area contributed by atoms with Gasteiger partial charge in [-0.3, -0.25) is 0 Å². The first kappa shape index (κ1) is 13.1. The molecule has 0 bridgehead atoms. The van der Waals surface area contributed by atoms with E-state index in [-0.39, 0.29) is 5.97 Å². The Bertz CT molecular complexity index is 609. The van der Waals surface area contributed by atoms with Crippen LogP contribution in [0.2, 0.25) is 0 Å². The van der Waals surface area contributed by atoms with Crippen LogP contribution in [0.1, 0.15) is 13.8 Å². The minimum Gasteiger partial charge on any atom is -0.463 e. The van der Waals surface area contributed by atoms with Crippen LogP contribution in [0.3, 0.4) is 0 Å². The predicted molar refractivity (Wildman–Crippen MR) is 75.0 cm³/mol. The lowest BCUT2D eigenvalue weighted by Gasteiger charge is -2.09. The van der Waals surface area contributed by atoms with Crippen LogP contribution in [0.5, 0.6) is 5.75 Å². The molecule has 0 aliphatic heterocycles. The van der Waals surface area contributed by atoms with Crippen LogP contribution in [-0.4, -0.2) is 12.6 Å². The predicted octanol–water partition coefficient (Wildman–Crippen LogP) is 3.69. The lowest BCUT2D eigenvalue weighted by atomic mass is 10.1. The highest BCUT2D eigenvalue weighted by atomic mass is 16.5. The van der Waals surface area contributed by atoms with E-state index in [1.165, 1.54) is 6.08 Å². The Morgan fingerprint density at radius 2 is 1.89 bits per heavy atom. The summed E-state index contributed by atoms with van der Waals surface area (Å²) in [5.74, 6) is 0.853. The van der Waals surface area contributed by atoms with E-state index in [4.69, 9.17) is 9.47 Å². The van der Waals surface area contributed by atoms with Crippen LogP contribution in [0.25, 0.3) is 10.8 Å². The molecule has 0 saturated heterocycles. The number of ether oxygens (including phenoxy) is 2. The standard InChI is InChI=1S/C16H16O3/c1-3-18-16(17)11-12(2)19-15-10-6-8-13-7-4-5-9-14(13)15/h4-11H,3H2,1-2H3. The molecular formula is C16H16O3. The number of hydrogen-bond donors (Lipinski definition) is 0. The van der Waals surface area contributed by atoms with Crippen LogP contribution >= 0.6 is 0 Å². The van der Waals surface area contributed by atoms with Crippen molar-refractivity contribution < 1.29 is 14.3 Å². The van der Waals surface area contributed by atoms with Crippen molar-refractivity contribution >= 4 is 16.7 Å². The molecule has 0 fully saturated rings. The molecule has 98 valence electrons. The quantitative estimate of drug-likeness (QED) is 0.475. The van der Waals surface area contributed by atoms with Gasteiger partial charge in [0.25, 0.3) is 0 Å². The number of carbonyl (C=O) groups excluding carboxylic acids is 1. The second-order valence-corrected chi connectivity index (χ2v) is 4.09. The van der Waals surface area contributed by atoms with E-state index in [2.05, 4.69) is 0 Å². The Hall–Kier alpha value is -2.29. The Morgan fingerprint density at radius 1 is 1.16 bits per heavy atom. The van der Waals surface area contributed by atoms with Crippen molar-refractivity contribution in [3.8, 4) is 5.75 Å². The van der Waals surface area contributed by atoms with E-state index in [0.29, 0.717) is 12.4 Å². The minimum absolute atomic E-state index is 0.358. The first-order valence-electron chi connectivity index (χ1n) is 6.21. The highest BCUT2D eigenvalue weighted by molar-refractivity contribution is 5.88. The zero-order valence-electron chi connectivity index (χ0n) is 11.1. The SMILES string of the molecule is CCOC(=O)C=C(C)Oc1cccc2ccccc12. The molecule has 0 spiro atoms. The van der Waals surface area contributed by atoms with E-state index in [1.807, 2.05) is 42.5 Å². The number of carbonyl (C=O) groups is 1. The molecule has 0 aliphatic rings. The van der Waals surface area contributed by atoms with Gasteiger partial charge in [-0.05, 0) is 25.3 Å². The van der Waals surface area contributed by atoms with Gasteiger partial charge in [0.05, 0.1) is 12.7 Å². The average Bonchev–Trinajstić information content (AvgIpc) is 2.39. The van der Waals surface area contributed by atoms with Gasteiger partial charge in [-0.15, -0.1) is 0 Å². The highest BCUT2D eigenvalue weighted by Crippen LogP contribution is 2.26. The van der Waals surface area contributed by atoms with E-state index in [0.717, 1.165) is 16.5 Å². The molecule has 0 amide bonds. The van der Waals surface area contributed by atoms with Crippen molar-refractivity contribution in [1.82, 2.24) is 0 Å². The van der Waals surface area contributed by atoms with Gasteiger partial charge in [0, 0.05) is 5.39 Å². The normalized spacial score (nSPS) is 11.4. The molecule has 0 heterocycles. The maximum atomic E-state index is 11.3. The fourth-order valence-electron chi connectivity index (χ4n) is 1.84. The highest BCUT2D eigenvalue weighted by Gasteiger charge is 2.04. The van der Waals surface area contributed by atoms with Gasteiger partial charge >= 0.3 is 5.97 Å². The monoisotopic (exact) mass is 256 g/mol. The third kappa shape index (κ3) is 3.35. The Balaban J connectivity index is 2.24. The lowest BCUT2D eigenvalue weighted by molar-refractivity contribution is -0.137. The molecule has 0 radical (unpaired) electrons. The van der Waals surface area contributed by atoms with Gasteiger partial charge in [0.2, 0.25) is 0 Å². The van der Waals surface area contributed by atoms with E-state index in [9.17, 15) is 4.79 Å². The summed E-state index contributed by atoms with van der Waals surface area (Å²) in [6, 6.07) is 13.8. The van der Waals surface area contributed by atoms with Crippen LogP contribution < -0.4 is 4.74 Å². The van der Waals surface area contributed by atoms with Gasteiger partial charge in [0.1, 0.15) is 11.5 Å². The van der Waals surface area contributed by atoms with E-state index < -0.39 is 0 Å². The van der Waals surface area contributed by atoms with Crippen molar-refractivity contribution in [3.63, 3.8) is 0 Å². The summed E-state index contributed by atoms with van der Waals surface area (Å²) in [4.78, 5) is 11.3. The first-order chi connectivity index (χ1) is 9.20. The molecule has 0 atom stereocenters. The summed E-state index contributed by atoms with van der Waals surface area (Å²) in [6.45, 7) is 3.86. The zero-order valence-corrected chi connectivity index (χ0v) is 11.1. The summed E-state index contributed by atoms with van der Waals surface area (Å²) in [6.07, 6.45) is 1.35. The van der Waals surface area contributed by atoms with E-state index in [1.54, 1.807) is 13.8 Å². The Labute approximate surface area is 112 Å². The molecule has 3 nitrogen and oxygen atoms in total. The van der Waals surface area contributed by atoms with E-state index >= 15 is 0 Å². The molecule has 0 aliphatic carbocycles. The minimum atomic E-state index is -0.389. The topological polar surface area (TPSA) is 35.5 Å². The maximum absolute atomic E-state index is 11.3. The number of hydrogen-bond acceptors (Lipinski definition) is 3. The molecule has 2 rings (SSSR count). The smallest absolute Gasteiger partial charge is 0.334 e. The fourth-order valence-corrected chi connectivity index (χ4v) is 1.84. The van der Waals surface area contributed by atoms with Crippen molar-refractivity contribution in [3.05, 3.63) is 54.3 Å². The number of benzene rings is 2. The molecule has 0 saturated carbocycles. The van der Waals surface area contributed by atoms with Gasteiger partial charge in [-0.25, -0.2) is 4.79 Å². The molecule has 0 N–H and O–H groups in total. The second kappa shape index (κ2) is 6.05. The maximum Gasteiger partial charge on any atom is 0.334 e. The van der Waals surface area contributed by atoms with Gasteiger partial charge < -0.3 is 9.47 Å². The van der Waals surface area contributed by atoms with Gasteiger partial charge in [-0.1, -0.05) is 36.4 Å². The molecule has 3 heteroatoms. The van der Waals surface area contributed by atoms with Gasteiger partial charge in [-0.2, -0.15) is 0 Å². The number of esters is 1. The lowest BCUT2D eigenvalue weighted by Crippen LogP contribution is -2.02. The van der Waals surface area contributed by atoms with Crippen LogP contribution in [0, 0.1) is 0 Å². The molecule has 0 aromatic heterocycles. The third-order valence-corrected chi connectivity index (χ3v) is 2.63. The Kier molecular flexibility index (Phi) is 4.18. The van der Waals surface area contributed by atoms with Gasteiger partial charge in [0.15, 0.2) is 0 Å². The number of allylic oxidation sites excluding steroid dienone is 1. The summed E-state index contributed by atoms with van der Waals surface area (Å²) >= 11 is 0. The fraction of sp³-hybridized carbons (Fsp3) is 0.188. The molecule has 2 aromatic carbocycles. The number of fused-ring (bicyclic) bond motifs is 1. The average molecular weight is 256 g/mol. The summed E-state index contributed by atoms with van der Waals surface area (Å²) in [5, 5.41) is 2.12. The third-order valence-electron chi connectivity index (χ3n) is 2.63. The van der Waals surface area contributed by atoms with Crippen molar-refractivity contribution in [2.75, 3.05) is 6.61 Å². The van der Waals surface area contributed by atoms with Crippen molar-refractivity contribution in [1.29, 1.82) is 0 Å². The van der Waals surface area contributed by atoms with Crippen LogP contribution in [0.4, 0.5) is 0 Å². The molecular weight excluding hydrogens is 240 g/mol. The summed E-state index contributed by atoms with van der Waals surface area (Å²) in [5.41, 5.74) is 0. The zero-order chi connectivity index (χ0) is 13.7. The molecule has 0 unspecified atom stereocenters. The van der Waals surface area contributed by atoms with Crippen LogP contribution in [0.15, 0.2) is 54.3 Å². The molecule has 2 aromatic rings. The van der Waals surface area contributed by atoms with Crippen molar-refractivity contribution in [2.24, 2.45) is 0 Å². The molecule has 19 heavy (non-hydrogen) atoms. The summed E-state index contributed by atoms with van der Waals surface area (Å²) < 4.78 is 10.5.